The largest absolute Gasteiger partial charge is 0.573 e. The molecule has 0 saturated heterocycles. The first-order valence-electron chi connectivity index (χ1n) is 6.76. The van der Waals surface area contributed by atoms with E-state index in [0.29, 0.717) is 10.2 Å². The van der Waals surface area contributed by atoms with Crippen LogP contribution in [0.5, 0.6) is 5.75 Å². The number of sulfone groups is 1. The predicted molar refractivity (Wildman–Crippen MR) is 83.8 cm³/mol. The number of fused-ring (bicyclic) bond motifs is 1. The van der Waals surface area contributed by atoms with Gasteiger partial charge in [0.15, 0.2) is 0 Å². The Morgan fingerprint density at radius 2 is 1.68 bits per heavy atom. The van der Waals surface area contributed by atoms with Gasteiger partial charge < -0.3 is 4.74 Å². The highest BCUT2D eigenvalue weighted by Crippen LogP contribution is 2.35. The molecule has 1 aromatic heterocycles. The third kappa shape index (κ3) is 3.74. The number of para-hydroxylation sites is 1. The van der Waals surface area contributed by atoms with Crippen LogP contribution in [-0.2, 0) is 9.84 Å². The Morgan fingerprint density at radius 3 is 2.28 bits per heavy atom. The molecule has 10 heteroatoms. The van der Waals surface area contributed by atoms with Crippen molar-refractivity contribution in [2.45, 2.75) is 16.2 Å². The lowest BCUT2D eigenvalue weighted by Gasteiger charge is -2.11. The quantitative estimate of drug-likeness (QED) is 0.608. The Balaban J connectivity index is 1.89. The van der Waals surface area contributed by atoms with Gasteiger partial charge in [-0.2, -0.15) is 0 Å². The van der Waals surface area contributed by atoms with Gasteiger partial charge in [-0.3, -0.25) is 0 Å². The molecular weight excluding hydrogens is 382 g/mol. The average Bonchev–Trinajstić information content (AvgIpc) is 2.98. The number of rotatable bonds is 4. The van der Waals surface area contributed by atoms with Gasteiger partial charge in [0.2, 0.25) is 19.7 Å². The third-order valence-corrected chi connectivity index (χ3v) is 6.34. The molecule has 0 bridgehead atoms. The minimum Gasteiger partial charge on any atom is -0.406 e. The second kappa shape index (κ2) is 6.26. The summed E-state index contributed by atoms with van der Waals surface area (Å²) in [4.78, 5) is 3.91. The smallest absolute Gasteiger partial charge is 0.406 e. The second-order valence-electron chi connectivity index (χ2n) is 4.93. The van der Waals surface area contributed by atoms with Crippen molar-refractivity contribution in [2.24, 2.45) is 0 Å². The van der Waals surface area contributed by atoms with E-state index < -0.39 is 31.8 Å². The molecule has 0 saturated carbocycles. The zero-order valence-electron chi connectivity index (χ0n) is 12.2. The number of ether oxygens (including phenoxy) is 1. The first-order chi connectivity index (χ1) is 11.7. The summed E-state index contributed by atoms with van der Waals surface area (Å²) < 4.78 is 79.5. The summed E-state index contributed by atoms with van der Waals surface area (Å²) in [6.07, 6.45) is -4.89. The van der Waals surface area contributed by atoms with Gasteiger partial charge in [0, 0.05) is 5.56 Å². The van der Waals surface area contributed by atoms with E-state index in [2.05, 4.69) is 9.72 Å². The molecule has 0 radical (unpaired) electrons. The average molecular weight is 391 g/mol. The van der Waals surface area contributed by atoms with Crippen LogP contribution in [0.3, 0.4) is 0 Å². The van der Waals surface area contributed by atoms with Gasteiger partial charge in [0.25, 0.3) is 0 Å². The summed E-state index contributed by atoms with van der Waals surface area (Å²) in [6, 6.07) is 10.2. The number of nitrogens with zero attached hydrogens (tertiary/aromatic N) is 1. The van der Waals surface area contributed by atoms with Crippen molar-refractivity contribution in [3.05, 3.63) is 54.1 Å². The lowest BCUT2D eigenvalue weighted by Crippen LogP contribution is -2.17. The van der Waals surface area contributed by atoms with Gasteiger partial charge in [-0.1, -0.05) is 24.3 Å². The van der Waals surface area contributed by atoms with E-state index in [-0.39, 0.29) is 5.56 Å². The molecule has 132 valence electrons. The number of benzene rings is 2. The highest BCUT2D eigenvalue weighted by atomic mass is 32.2. The van der Waals surface area contributed by atoms with E-state index >= 15 is 0 Å². The van der Waals surface area contributed by atoms with Crippen molar-refractivity contribution in [1.29, 1.82) is 0 Å². The summed E-state index contributed by atoms with van der Waals surface area (Å²) in [7, 11) is -4.42. The summed E-state index contributed by atoms with van der Waals surface area (Å²) in [5, 5.41) is 0. The normalized spacial score (nSPS) is 13.8. The zero-order chi connectivity index (χ0) is 18.2. The molecule has 3 rings (SSSR count). The zero-order valence-corrected chi connectivity index (χ0v) is 13.8. The highest BCUT2D eigenvalue weighted by molar-refractivity contribution is 7.93. The van der Waals surface area contributed by atoms with Crippen molar-refractivity contribution in [2.75, 3.05) is 0 Å². The van der Waals surface area contributed by atoms with Crippen molar-refractivity contribution in [3.63, 3.8) is 0 Å². The Labute approximate surface area is 143 Å². The maximum absolute atomic E-state index is 14.5. The van der Waals surface area contributed by atoms with Gasteiger partial charge in [-0.25, -0.2) is 17.8 Å². The number of alkyl halides is 4. The number of hydrogen-bond acceptors (Lipinski definition) is 5. The summed E-state index contributed by atoms with van der Waals surface area (Å²) in [6.45, 7) is 0. The fraction of sp³-hybridized carbons (Fsp3) is 0.133. The van der Waals surface area contributed by atoms with Crippen LogP contribution in [0, 0.1) is 0 Å². The number of hydrogen-bond donors (Lipinski definition) is 0. The van der Waals surface area contributed by atoms with Crippen LogP contribution in [0.1, 0.15) is 11.1 Å². The molecule has 2 aromatic carbocycles. The maximum atomic E-state index is 14.5. The van der Waals surface area contributed by atoms with Crippen molar-refractivity contribution < 1.29 is 30.7 Å². The van der Waals surface area contributed by atoms with E-state index in [4.69, 9.17) is 0 Å². The van der Waals surface area contributed by atoms with Crippen molar-refractivity contribution in [1.82, 2.24) is 4.98 Å². The summed E-state index contributed by atoms with van der Waals surface area (Å²) in [5.74, 6) is -0.569. The number of halogens is 4. The topological polar surface area (TPSA) is 56.3 Å². The Kier molecular flexibility index (Phi) is 4.41. The van der Waals surface area contributed by atoms with E-state index in [9.17, 15) is 26.0 Å². The molecule has 0 aliphatic rings. The minimum atomic E-state index is -4.89. The second-order valence-corrected chi connectivity index (χ2v) is 8.11. The predicted octanol–water partition coefficient (Wildman–Crippen LogP) is 4.64. The van der Waals surface area contributed by atoms with E-state index in [1.165, 1.54) is 0 Å². The van der Waals surface area contributed by atoms with Gasteiger partial charge >= 0.3 is 6.36 Å². The summed E-state index contributed by atoms with van der Waals surface area (Å²) >= 11 is 0.826. The molecular formula is C15H9F4NO3S2. The minimum absolute atomic E-state index is 0.311. The molecule has 0 amide bonds. The molecule has 0 aliphatic carbocycles. The van der Waals surface area contributed by atoms with Crippen LogP contribution in [-0.4, -0.2) is 19.8 Å². The van der Waals surface area contributed by atoms with Crippen molar-refractivity contribution in [3.8, 4) is 5.75 Å². The SMILES string of the molecule is O=S(=O)(c1nc2ccccc2s1)C(F)c1ccc(OC(F)(F)F)cc1. The van der Waals surface area contributed by atoms with Crippen LogP contribution >= 0.6 is 11.3 Å². The Morgan fingerprint density at radius 1 is 1.04 bits per heavy atom. The first-order valence-corrected chi connectivity index (χ1v) is 9.12. The molecule has 4 nitrogen and oxygen atoms in total. The molecule has 1 unspecified atom stereocenters. The fourth-order valence-corrected chi connectivity index (χ4v) is 4.66. The Bertz CT molecular complexity index is 965. The van der Waals surface area contributed by atoms with E-state index in [1.807, 2.05) is 0 Å². The standard InChI is InChI=1S/C15H9F4NO3S2/c16-13(9-5-7-10(8-6-9)23-15(17,18)19)25(21,22)14-20-11-3-1-2-4-12(11)24-14/h1-8,13H. The van der Waals surface area contributed by atoms with E-state index in [1.54, 1.807) is 24.3 Å². The van der Waals surface area contributed by atoms with Crippen LogP contribution in [0.2, 0.25) is 0 Å². The Hall–Kier alpha value is -2.20. The van der Waals surface area contributed by atoms with Gasteiger partial charge in [0.05, 0.1) is 10.2 Å². The molecule has 0 N–H and O–H groups in total. The molecule has 0 spiro atoms. The highest BCUT2D eigenvalue weighted by Gasteiger charge is 2.33. The third-order valence-electron chi connectivity index (χ3n) is 3.17. The molecule has 3 aromatic rings. The lowest BCUT2D eigenvalue weighted by atomic mass is 10.2. The van der Waals surface area contributed by atoms with Crippen LogP contribution in [0.15, 0.2) is 52.9 Å². The summed E-state index contributed by atoms with van der Waals surface area (Å²) in [5.41, 5.74) is -2.34. The molecule has 25 heavy (non-hydrogen) atoms. The molecule has 0 aliphatic heterocycles. The number of aromatic nitrogens is 1. The monoisotopic (exact) mass is 391 g/mol. The van der Waals surface area contributed by atoms with Crippen LogP contribution in [0.25, 0.3) is 10.2 Å². The maximum Gasteiger partial charge on any atom is 0.573 e. The molecule has 0 fully saturated rings. The molecule has 1 heterocycles. The number of thiazole rings is 1. The first kappa shape index (κ1) is 17.6. The molecule has 1 atom stereocenters. The van der Waals surface area contributed by atoms with Gasteiger partial charge in [0.1, 0.15) is 5.75 Å². The van der Waals surface area contributed by atoms with E-state index in [0.717, 1.165) is 35.6 Å². The lowest BCUT2D eigenvalue weighted by molar-refractivity contribution is -0.274. The van der Waals surface area contributed by atoms with Crippen LogP contribution < -0.4 is 4.74 Å². The van der Waals surface area contributed by atoms with Gasteiger partial charge in [-0.05, 0) is 24.3 Å². The fourth-order valence-electron chi connectivity index (χ4n) is 2.06. The van der Waals surface area contributed by atoms with Crippen LogP contribution in [0.4, 0.5) is 17.6 Å². The van der Waals surface area contributed by atoms with Gasteiger partial charge in [-0.15, -0.1) is 24.5 Å². The van der Waals surface area contributed by atoms with Crippen molar-refractivity contribution >= 4 is 31.4 Å².